The molecular weight excluding hydrogens is 576 g/mol. The Hall–Kier alpha value is -6.58. The van der Waals surface area contributed by atoms with Crippen LogP contribution < -0.4 is 11.1 Å². The number of amides is 1. The van der Waals surface area contributed by atoms with Crippen molar-refractivity contribution in [2.45, 2.75) is 21.3 Å². The first kappa shape index (κ1) is 33.9. The van der Waals surface area contributed by atoms with Crippen LogP contribution in [0.3, 0.4) is 0 Å². The van der Waals surface area contributed by atoms with Crippen molar-refractivity contribution >= 4 is 34.6 Å². The molecule has 0 bridgehead atoms. The number of aromatic carboxylic acids is 1. The van der Waals surface area contributed by atoms with Crippen molar-refractivity contribution in [3.05, 3.63) is 131 Å². The number of carbonyl (C=O) groups excluding carboxylic acids is 1. The standard InChI is InChI=1S/C28H20N6O.C8H8O2.CH4/c1-18(35)32-27-14-21(31)12-13-26(27)33-34-28-24(16-29)22(19-8-4-2-5-9-19)15-23(25(28)17-30)20-10-6-3-7-11-20;1-6-2-4-7(5-3-6)8(9)10;/h2-15H,31H2,1H3,(H,32,35);2-5H,1H3,(H,9,10);1H4. The molecule has 5 aromatic rings. The zero-order valence-electron chi connectivity index (χ0n) is 24.5. The van der Waals surface area contributed by atoms with Crippen molar-refractivity contribution in [1.82, 2.24) is 0 Å². The van der Waals surface area contributed by atoms with E-state index in [0.717, 1.165) is 16.7 Å². The van der Waals surface area contributed by atoms with Gasteiger partial charge in [-0.25, -0.2) is 4.79 Å². The van der Waals surface area contributed by atoms with Gasteiger partial charge in [0.05, 0.1) is 22.4 Å². The summed E-state index contributed by atoms with van der Waals surface area (Å²) in [5.74, 6) is -1.17. The van der Waals surface area contributed by atoms with Crippen LogP contribution in [0.15, 0.2) is 119 Å². The van der Waals surface area contributed by atoms with E-state index in [4.69, 9.17) is 10.8 Å². The van der Waals surface area contributed by atoms with Crippen LogP contribution in [0.2, 0.25) is 0 Å². The number of nitriles is 2. The van der Waals surface area contributed by atoms with Gasteiger partial charge in [0.1, 0.15) is 23.5 Å². The Balaban J connectivity index is 0.000000448. The van der Waals surface area contributed by atoms with E-state index in [1.165, 1.54) is 6.92 Å². The first-order chi connectivity index (χ1) is 21.7. The minimum absolute atomic E-state index is 0. The molecule has 0 fully saturated rings. The third-order valence-corrected chi connectivity index (χ3v) is 6.58. The number of carboxylic acid groups (broad SMARTS) is 1. The summed E-state index contributed by atoms with van der Waals surface area (Å²) >= 11 is 0. The number of anilines is 2. The van der Waals surface area contributed by atoms with Gasteiger partial charge in [0.2, 0.25) is 5.91 Å². The Labute approximate surface area is 267 Å². The van der Waals surface area contributed by atoms with Gasteiger partial charge < -0.3 is 16.2 Å². The fraction of sp³-hybridized carbons (Fsp3) is 0.0811. The van der Waals surface area contributed by atoms with Crippen molar-refractivity contribution in [2.75, 3.05) is 11.1 Å². The SMILES string of the molecule is C.CC(=O)Nc1cc(N)ccc1N=Nc1c(C#N)c(-c2ccccc2)cc(-c2ccccc2)c1C#N.Cc1ccc(C(=O)O)cc1. The molecule has 1 amide bonds. The van der Waals surface area contributed by atoms with Crippen molar-refractivity contribution < 1.29 is 14.7 Å². The predicted molar refractivity (Wildman–Crippen MR) is 181 cm³/mol. The molecule has 0 heterocycles. The number of nitrogens with zero attached hydrogens (tertiary/aromatic N) is 4. The predicted octanol–water partition coefficient (Wildman–Crippen LogP) is 9.05. The van der Waals surface area contributed by atoms with Crippen LogP contribution in [-0.4, -0.2) is 17.0 Å². The average Bonchev–Trinajstić information content (AvgIpc) is 3.04. The Bertz CT molecular complexity index is 1880. The highest BCUT2D eigenvalue weighted by molar-refractivity contribution is 5.93. The first-order valence-electron chi connectivity index (χ1n) is 13.7. The van der Waals surface area contributed by atoms with Crippen molar-refractivity contribution in [1.29, 1.82) is 10.5 Å². The third kappa shape index (κ3) is 8.28. The van der Waals surface area contributed by atoms with Gasteiger partial charge >= 0.3 is 5.97 Å². The van der Waals surface area contributed by atoms with E-state index in [9.17, 15) is 20.1 Å². The van der Waals surface area contributed by atoms with Crippen LogP contribution in [-0.2, 0) is 4.79 Å². The van der Waals surface area contributed by atoms with Crippen LogP contribution in [0.4, 0.5) is 22.7 Å². The molecule has 0 aliphatic carbocycles. The second-order valence-corrected chi connectivity index (χ2v) is 9.85. The number of nitrogens with two attached hydrogens (primary N) is 1. The van der Waals surface area contributed by atoms with Crippen LogP contribution in [0, 0.1) is 29.6 Å². The molecule has 46 heavy (non-hydrogen) atoms. The van der Waals surface area contributed by atoms with Crippen molar-refractivity contribution in [3.8, 4) is 34.4 Å². The number of hydrogen-bond donors (Lipinski definition) is 3. The summed E-state index contributed by atoms with van der Waals surface area (Å²) < 4.78 is 0. The number of azo groups is 1. The highest BCUT2D eigenvalue weighted by Crippen LogP contribution is 2.41. The van der Waals surface area contributed by atoms with E-state index in [2.05, 4.69) is 27.7 Å². The summed E-state index contributed by atoms with van der Waals surface area (Å²) in [4.78, 5) is 22.0. The number of aryl methyl sites for hydroxylation is 1. The molecule has 0 aliphatic rings. The van der Waals surface area contributed by atoms with Crippen molar-refractivity contribution in [3.63, 3.8) is 0 Å². The smallest absolute Gasteiger partial charge is 0.335 e. The number of nitrogen functional groups attached to an aromatic ring is 1. The molecule has 0 unspecified atom stereocenters. The topological polar surface area (TPSA) is 165 Å². The maximum Gasteiger partial charge on any atom is 0.335 e. The molecule has 228 valence electrons. The number of hydrogen-bond acceptors (Lipinski definition) is 7. The highest BCUT2D eigenvalue weighted by atomic mass is 16.4. The van der Waals surface area contributed by atoms with Crippen LogP contribution in [0.5, 0.6) is 0 Å². The molecular formula is C37H32N6O3. The van der Waals surface area contributed by atoms with Gasteiger partial charge in [0, 0.05) is 23.7 Å². The summed E-state index contributed by atoms with van der Waals surface area (Å²) in [7, 11) is 0. The van der Waals surface area contributed by atoms with E-state index in [1.807, 2.05) is 73.7 Å². The number of carboxylic acids is 1. The highest BCUT2D eigenvalue weighted by Gasteiger charge is 2.20. The van der Waals surface area contributed by atoms with E-state index >= 15 is 0 Å². The molecule has 0 aromatic heterocycles. The Morgan fingerprint density at radius 3 is 1.74 bits per heavy atom. The first-order valence-corrected chi connectivity index (χ1v) is 13.7. The van der Waals surface area contributed by atoms with E-state index in [-0.39, 0.29) is 30.1 Å². The molecule has 4 N–H and O–H groups in total. The van der Waals surface area contributed by atoms with Crippen molar-refractivity contribution in [2.24, 2.45) is 10.2 Å². The molecule has 0 spiro atoms. The maximum absolute atomic E-state index is 11.6. The third-order valence-electron chi connectivity index (χ3n) is 6.58. The fourth-order valence-electron chi connectivity index (χ4n) is 4.42. The Morgan fingerprint density at radius 1 is 0.761 bits per heavy atom. The second kappa shape index (κ2) is 15.8. The molecule has 5 aromatic carbocycles. The Kier molecular flexibility index (Phi) is 11.6. The summed E-state index contributed by atoms with van der Waals surface area (Å²) in [5, 5.41) is 40.1. The molecule has 9 nitrogen and oxygen atoms in total. The van der Waals surface area contributed by atoms with Gasteiger partial charge in [0.15, 0.2) is 0 Å². The number of carbonyl (C=O) groups is 2. The van der Waals surface area contributed by atoms with Gasteiger partial charge in [-0.2, -0.15) is 10.5 Å². The summed E-state index contributed by atoms with van der Waals surface area (Å²) in [6.45, 7) is 3.30. The van der Waals surface area contributed by atoms with Gasteiger partial charge in [-0.15, -0.1) is 10.2 Å². The lowest BCUT2D eigenvalue weighted by molar-refractivity contribution is -0.114. The quantitative estimate of drug-likeness (QED) is 0.128. The monoisotopic (exact) mass is 608 g/mol. The van der Waals surface area contributed by atoms with E-state index in [1.54, 1.807) is 42.5 Å². The zero-order valence-corrected chi connectivity index (χ0v) is 24.5. The molecule has 0 aliphatic heterocycles. The van der Waals surface area contributed by atoms with E-state index < -0.39 is 5.97 Å². The molecule has 0 radical (unpaired) electrons. The largest absolute Gasteiger partial charge is 0.478 e. The van der Waals surface area contributed by atoms with Gasteiger partial charge in [0.25, 0.3) is 0 Å². The molecule has 5 rings (SSSR count). The average molecular weight is 609 g/mol. The molecule has 0 saturated heterocycles. The zero-order chi connectivity index (χ0) is 32.3. The summed E-state index contributed by atoms with van der Waals surface area (Å²) in [5.41, 5.74) is 12.0. The minimum Gasteiger partial charge on any atom is -0.478 e. The van der Waals surface area contributed by atoms with E-state index in [0.29, 0.717) is 33.8 Å². The van der Waals surface area contributed by atoms with Crippen LogP contribution >= 0.6 is 0 Å². The summed E-state index contributed by atoms with van der Waals surface area (Å²) in [6, 6.07) is 36.7. The second-order valence-electron chi connectivity index (χ2n) is 9.85. The molecule has 0 saturated carbocycles. The van der Waals surface area contributed by atoms with Crippen LogP contribution in [0.1, 0.15) is 41.4 Å². The number of rotatable bonds is 6. The fourth-order valence-corrected chi connectivity index (χ4v) is 4.42. The van der Waals surface area contributed by atoms with Gasteiger partial charge in [-0.3, -0.25) is 4.79 Å². The van der Waals surface area contributed by atoms with Gasteiger partial charge in [-0.1, -0.05) is 85.8 Å². The lowest BCUT2D eigenvalue weighted by atomic mass is 9.89. The summed E-state index contributed by atoms with van der Waals surface area (Å²) in [6.07, 6.45) is 0. The minimum atomic E-state index is -0.875. The number of nitrogens with one attached hydrogen (secondary N) is 1. The molecule has 0 atom stereocenters. The lowest BCUT2D eigenvalue weighted by Crippen LogP contribution is -2.06. The maximum atomic E-state index is 11.6. The van der Waals surface area contributed by atoms with Crippen LogP contribution in [0.25, 0.3) is 22.3 Å². The normalized spacial score (nSPS) is 10.0. The van der Waals surface area contributed by atoms with Gasteiger partial charge in [-0.05, 0) is 54.4 Å². The molecule has 9 heteroatoms. The number of benzene rings is 5. The lowest BCUT2D eigenvalue weighted by Gasteiger charge is -2.14. The Morgan fingerprint density at radius 2 is 1.28 bits per heavy atom.